The molecule has 1 heterocycles. The molecule has 0 aliphatic carbocycles. The van der Waals surface area contributed by atoms with Crippen LogP contribution in [0.15, 0.2) is 53.5 Å². The summed E-state index contributed by atoms with van der Waals surface area (Å²) < 4.78 is 8.19. The van der Waals surface area contributed by atoms with E-state index in [9.17, 15) is 9.59 Å². The molecule has 0 aliphatic rings. The van der Waals surface area contributed by atoms with Crippen molar-refractivity contribution in [1.29, 1.82) is 0 Å². The number of carbonyl (C=O) groups is 2. The van der Waals surface area contributed by atoms with E-state index in [-0.39, 0.29) is 5.78 Å². The van der Waals surface area contributed by atoms with E-state index in [1.807, 2.05) is 28.8 Å². The number of rotatable bonds is 5. The van der Waals surface area contributed by atoms with Crippen LogP contribution in [0.5, 0.6) is 0 Å². The predicted octanol–water partition coefficient (Wildman–Crippen LogP) is 3.29. The summed E-state index contributed by atoms with van der Waals surface area (Å²) in [6, 6.07) is 14.7. The Hall–Kier alpha value is -2.57. The van der Waals surface area contributed by atoms with E-state index >= 15 is 0 Å². The SMILES string of the molecule is COCCn1c(=NC(=O)c2ccccc2C(C)=O)sc2ccccc21. The Morgan fingerprint density at radius 2 is 1.76 bits per heavy atom. The van der Waals surface area contributed by atoms with Gasteiger partial charge in [0.2, 0.25) is 0 Å². The van der Waals surface area contributed by atoms with Crippen molar-refractivity contribution in [3.05, 3.63) is 64.5 Å². The van der Waals surface area contributed by atoms with Crippen LogP contribution >= 0.6 is 11.3 Å². The molecule has 0 fully saturated rings. The van der Waals surface area contributed by atoms with Crippen LogP contribution in [0.2, 0.25) is 0 Å². The number of aromatic nitrogens is 1. The number of para-hydroxylation sites is 1. The number of carbonyl (C=O) groups excluding carboxylic acids is 2. The molecule has 0 radical (unpaired) electrons. The lowest BCUT2D eigenvalue weighted by Crippen LogP contribution is -2.19. The average molecular weight is 354 g/mol. The maximum Gasteiger partial charge on any atom is 0.280 e. The van der Waals surface area contributed by atoms with Crippen LogP contribution in [0.1, 0.15) is 27.6 Å². The smallest absolute Gasteiger partial charge is 0.280 e. The van der Waals surface area contributed by atoms with Gasteiger partial charge in [-0.1, -0.05) is 41.7 Å². The average Bonchev–Trinajstić information content (AvgIpc) is 2.96. The second-order valence-corrected chi connectivity index (χ2v) is 6.52. The van der Waals surface area contributed by atoms with Gasteiger partial charge in [-0.05, 0) is 25.1 Å². The van der Waals surface area contributed by atoms with E-state index in [4.69, 9.17) is 4.74 Å². The zero-order valence-electron chi connectivity index (χ0n) is 14.1. The highest BCUT2D eigenvalue weighted by atomic mass is 32.1. The first-order valence-corrected chi connectivity index (χ1v) is 8.70. The van der Waals surface area contributed by atoms with Crippen LogP contribution in [0.3, 0.4) is 0 Å². The predicted molar refractivity (Wildman–Crippen MR) is 98.0 cm³/mol. The molecule has 0 saturated carbocycles. The first-order valence-electron chi connectivity index (χ1n) is 7.88. The highest BCUT2D eigenvalue weighted by Gasteiger charge is 2.14. The van der Waals surface area contributed by atoms with Gasteiger partial charge in [-0.3, -0.25) is 9.59 Å². The lowest BCUT2D eigenvalue weighted by Gasteiger charge is -2.05. The largest absolute Gasteiger partial charge is 0.383 e. The number of benzene rings is 2. The van der Waals surface area contributed by atoms with Crippen LogP contribution in [-0.4, -0.2) is 30.0 Å². The van der Waals surface area contributed by atoms with Gasteiger partial charge in [0.25, 0.3) is 5.91 Å². The fourth-order valence-corrected chi connectivity index (χ4v) is 3.68. The standard InChI is InChI=1S/C19H18N2O3S/c1-13(22)14-7-3-4-8-15(14)18(23)20-19-21(11-12-24-2)16-9-5-6-10-17(16)25-19/h3-10H,11-12H2,1-2H3. The molecular formula is C19H18N2O3S. The molecule has 0 unspecified atom stereocenters. The van der Waals surface area contributed by atoms with Gasteiger partial charge in [-0.15, -0.1) is 0 Å². The Kier molecular flexibility index (Phi) is 5.21. The number of methoxy groups -OCH3 is 1. The summed E-state index contributed by atoms with van der Waals surface area (Å²) in [5.74, 6) is -0.564. The molecule has 128 valence electrons. The third kappa shape index (κ3) is 3.60. The monoisotopic (exact) mass is 354 g/mol. The number of hydrogen-bond donors (Lipinski definition) is 0. The van der Waals surface area contributed by atoms with E-state index in [1.165, 1.54) is 18.3 Å². The number of ether oxygens (including phenoxy) is 1. The zero-order valence-corrected chi connectivity index (χ0v) is 14.9. The summed E-state index contributed by atoms with van der Waals surface area (Å²) >= 11 is 1.45. The molecule has 0 aliphatic heterocycles. The van der Waals surface area contributed by atoms with Crippen LogP contribution in [0, 0.1) is 0 Å². The second kappa shape index (κ2) is 7.55. The van der Waals surface area contributed by atoms with Gasteiger partial charge < -0.3 is 9.30 Å². The van der Waals surface area contributed by atoms with Crippen molar-refractivity contribution in [3.63, 3.8) is 0 Å². The fourth-order valence-electron chi connectivity index (χ4n) is 2.63. The number of nitrogens with zero attached hydrogens (tertiary/aromatic N) is 2. The molecule has 1 amide bonds. The molecular weight excluding hydrogens is 336 g/mol. The first kappa shape index (κ1) is 17.3. The third-order valence-corrected chi connectivity index (χ3v) is 4.90. The van der Waals surface area contributed by atoms with Gasteiger partial charge in [-0.2, -0.15) is 4.99 Å². The quantitative estimate of drug-likeness (QED) is 0.661. The van der Waals surface area contributed by atoms with E-state index in [1.54, 1.807) is 31.4 Å². The van der Waals surface area contributed by atoms with Crippen molar-refractivity contribution in [1.82, 2.24) is 4.57 Å². The van der Waals surface area contributed by atoms with Gasteiger partial charge in [-0.25, -0.2) is 0 Å². The van der Waals surface area contributed by atoms with E-state index in [0.29, 0.717) is 29.1 Å². The molecule has 0 spiro atoms. The molecule has 0 atom stereocenters. The minimum atomic E-state index is -0.413. The molecule has 5 nitrogen and oxygen atoms in total. The summed E-state index contributed by atoms with van der Waals surface area (Å²) in [5, 5.41) is 0. The number of thiazole rings is 1. The van der Waals surface area contributed by atoms with Crippen molar-refractivity contribution < 1.29 is 14.3 Å². The Labute approximate surface area is 149 Å². The molecule has 2 aromatic carbocycles. The van der Waals surface area contributed by atoms with Crippen molar-refractivity contribution in [2.45, 2.75) is 13.5 Å². The highest BCUT2D eigenvalue weighted by molar-refractivity contribution is 7.16. The molecule has 6 heteroatoms. The molecule has 3 aromatic rings. The van der Waals surface area contributed by atoms with Crippen LogP contribution in [-0.2, 0) is 11.3 Å². The van der Waals surface area contributed by atoms with Crippen LogP contribution in [0.25, 0.3) is 10.2 Å². The molecule has 0 N–H and O–H groups in total. The Morgan fingerprint density at radius 1 is 1.08 bits per heavy atom. The van der Waals surface area contributed by atoms with E-state index in [0.717, 1.165) is 10.2 Å². The number of ketones is 1. The molecule has 0 saturated heterocycles. The lowest BCUT2D eigenvalue weighted by atomic mass is 10.0. The maximum absolute atomic E-state index is 12.7. The molecule has 1 aromatic heterocycles. The third-order valence-electron chi connectivity index (χ3n) is 3.84. The van der Waals surface area contributed by atoms with Gasteiger partial charge in [0.05, 0.1) is 22.4 Å². The molecule has 3 rings (SSSR count). The minimum absolute atomic E-state index is 0.150. The van der Waals surface area contributed by atoms with Crippen LogP contribution in [0.4, 0.5) is 0 Å². The summed E-state index contributed by atoms with van der Waals surface area (Å²) in [7, 11) is 1.64. The molecule has 25 heavy (non-hydrogen) atoms. The Bertz CT molecular complexity index is 1000. The normalized spacial score (nSPS) is 11.8. The Balaban J connectivity index is 2.12. The van der Waals surface area contributed by atoms with Gasteiger partial charge in [0, 0.05) is 19.2 Å². The number of hydrogen-bond acceptors (Lipinski definition) is 4. The fraction of sp³-hybridized carbons (Fsp3) is 0.211. The summed E-state index contributed by atoms with van der Waals surface area (Å²) in [6.07, 6.45) is 0. The van der Waals surface area contributed by atoms with Gasteiger partial charge in [0.1, 0.15) is 0 Å². The first-order chi connectivity index (χ1) is 12.1. The number of Topliss-reactive ketones (excluding diaryl/α,β-unsaturated/α-hetero) is 1. The molecule has 0 bridgehead atoms. The van der Waals surface area contributed by atoms with Crippen molar-refractivity contribution in [3.8, 4) is 0 Å². The van der Waals surface area contributed by atoms with E-state index in [2.05, 4.69) is 4.99 Å². The van der Waals surface area contributed by atoms with Crippen molar-refractivity contribution in [2.24, 2.45) is 4.99 Å². The highest BCUT2D eigenvalue weighted by Crippen LogP contribution is 2.17. The van der Waals surface area contributed by atoms with Crippen molar-refractivity contribution >= 4 is 33.2 Å². The number of fused-ring (bicyclic) bond motifs is 1. The lowest BCUT2D eigenvalue weighted by molar-refractivity contribution is 0.0972. The zero-order chi connectivity index (χ0) is 17.8. The minimum Gasteiger partial charge on any atom is -0.383 e. The van der Waals surface area contributed by atoms with Gasteiger partial charge in [0.15, 0.2) is 10.6 Å². The topological polar surface area (TPSA) is 60.7 Å². The van der Waals surface area contributed by atoms with Crippen LogP contribution < -0.4 is 4.80 Å². The number of amides is 1. The summed E-state index contributed by atoms with van der Waals surface area (Å²) in [4.78, 5) is 29.3. The summed E-state index contributed by atoms with van der Waals surface area (Å²) in [5.41, 5.74) is 1.72. The second-order valence-electron chi connectivity index (χ2n) is 5.52. The summed E-state index contributed by atoms with van der Waals surface area (Å²) in [6.45, 7) is 2.57. The Morgan fingerprint density at radius 3 is 2.48 bits per heavy atom. The van der Waals surface area contributed by atoms with E-state index < -0.39 is 5.91 Å². The van der Waals surface area contributed by atoms with Crippen molar-refractivity contribution in [2.75, 3.05) is 13.7 Å². The van der Waals surface area contributed by atoms with Gasteiger partial charge >= 0.3 is 0 Å². The maximum atomic E-state index is 12.7.